The Morgan fingerprint density at radius 1 is 1.00 bits per heavy atom. The molecule has 1 fully saturated rings. The number of rotatable bonds is 8. The first-order chi connectivity index (χ1) is 14.9. The van der Waals surface area contributed by atoms with E-state index >= 15 is 0 Å². The second-order valence-corrected chi connectivity index (χ2v) is 8.07. The van der Waals surface area contributed by atoms with Crippen molar-refractivity contribution >= 4 is 29.1 Å². The van der Waals surface area contributed by atoms with Gasteiger partial charge in [0.2, 0.25) is 5.91 Å². The average molecular weight is 424 g/mol. The van der Waals surface area contributed by atoms with Gasteiger partial charge in [0.15, 0.2) is 0 Å². The molecule has 7 nitrogen and oxygen atoms in total. The summed E-state index contributed by atoms with van der Waals surface area (Å²) >= 11 is 0. The topological polar surface area (TPSA) is 96.5 Å². The van der Waals surface area contributed by atoms with E-state index in [0.717, 1.165) is 19.4 Å². The number of carbonyl (C=O) groups is 3. The number of ether oxygens (including phenoxy) is 1. The summed E-state index contributed by atoms with van der Waals surface area (Å²) in [5, 5.41) is 8.50. The van der Waals surface area contributed by atoms with Crippen molar-refractivity contribution < 1.29 is 19.1 Å². The van der Waals surface area contributed by atoms with Crippen LogP contribution in [0, 0.1) is 5.92 Å². The van der Waals surface area contributed by atoms with E-state index in [2.05, 4.69) is 16.0 Å². The van der Waals surface area contributed by atoms with Crippen molar-refractivity contribution in [3.63, 3.8) is 0 Å². The summed E-state index contributed by atoms with van der Waals surface area (Å²) < 4.78 is 5.53. The highest BCUT2D eigenvalue weighted by Gasteiger charge is 2.18. The molecule has 0 aliphatic carbocycles. The summed E-state index contributed by atoms with van der Waals surface area (Å²) in [7, 11) is 0. The first kappa shape index (κ1) is 22.5. The van der Waals surface area contributed by atoms with Gasteiger partial charge in [0.25, 0.3) is 11.8 Å². The molecule has 1 heterocycles. The summed E-state index contributed by atoms with van der Waals surface area (Å²) in [5.74, 6) is -0.378. The molecule has 164 valence electrons. The Morgan fingerprint density at radius 3 is 2.42 bits per heavy atom. The molecule has 3 N–H and O–H groups in total. The standard InChI is InChI=1S/C24H29N3O4/c1-16(2)14-22(28)26-18-11-9-17(10-12-18)23(29)27-21-8-4-3-7-20(21)24(30)25-15-19-6-5-13-31-19/h3-4,7-12,16,19H,5-6,13-15H2,1-2H3,(H,25,30)(H,26,28)(H,27,29). The van der Waals surface area contributed by atoms with Gasteiger partial charge in [-0.15, -0.1) is 0 Å². The summed E-state index contributed by atoms with van der Waals surface area (Å²) in [5.41, 5.74) is 1.89. The lowest BCUT2D eigenvalue weighted by atomic mass is 10.1. The van der Waals surface area contributed by atoms with E-state index in [1.54, 1.807) is 48.5 Å². The van der Waals surface area contributed by atoms with Crippen molar-refractivity contribution in [2.75, 3.05) is 23.8 Å². The summed E-state index contributed by atoms with van der Waals surface area (Å²) in [4.78, 5) is 37.2. The van der Waals surface area contributed by atoms with Gasteiger partial charge in [-0.25, -0.2) is 0 Å². The van der Waals surface area contributed by atoms with Crippen LogP contribution >= 0.6 is 0 Å². The van der Waals surface area contributed by atoms with E-state index in [9.17, 15) is 14.4 Å². The van der Waals surface area contributed by atoms with Crippen LogP contribution < -0.4 is 16.0 Å². The molecule has 0 spiro atoms. The van der Waals surface area contributed by atoms with Gasteiger partial charge in [0, 0.05) is 30.8 Å². The molecule has 0 saturated carbocycles. The van der Waals surface area contributed by atoms with Crippen LogP contribution in [-0.2, 0) is 9.53 Å². The van der Waals surface area contributed by atoms with Crippen LogP contribution in [0.5, 0.6) is 0 Å². The van der Waals surface area contributed by atoms with Crippen molar-refractivity contribution in [1.29, 1.82) is 0 Å². The van der Waals surface area contributed by atoms with Crippen molar-refractivity contribution in [3.05, 3.63) is 59.7 Å². The van der Waals surface area contributed by atoms with Crippen molar-refractivity contribution in [2.45, 2.75) is 39.2 Å². The number of hydrogen-bond acceptors (Lipinski definition) is 4. The molecule has 0 radical (unpaired) electrons. The number of carbonyl (C=O) groups excluding carboxylic acids is 3. The molecule has 2 aromatic carbocycles. The lowest BCUT2D eigenvalue weighted by Gasteiger charge is -2.14. The Bertz CT molecular complexity index is 919. The first-order valence-corrected chi connectivity index (χ1v) is 10.6. The molecular weight excluding hydrogens is 394 g/mol. The number of benzene rings is 2. The Morgan fingerprint density at radius 2 is 1.74 bits per heavy atom. The maximum Gasteiger partial charge on any atom is 0.255 e. The smallest absolute Gasteiger partial charge is 0.255 e. The first-order valence-electron chi connectivity index (χ1n) is 10.6. The van der Waals surface area contributed by atoms with Crippen molar-refractivity contribution in [1.82, 2.24) is 5.32 Å². The number of anilines is 2. The third kappa shape index (κ3) is 6.65. The molecule has 0 aromatic heterocycles. The van der Waals surface area contributed by atoms with E-state index in [-0.39, 0.29) is 29.7 Å². The van der Waals surface area contributed by atoms with Crippen LogP contribution in [0.2, 0.25) is 0 Å². The highest BCUT2D eigenvalue weighted by atomic mass is 16.5. The zero-order valence-electron chi connectivity index (χ0n) is 17.9. The van der Waals surface area contributed by atoms with E-state index in [4.69, 9.17) is 4.74 Å². The molecular formula is C24H29N3O4. The average Bonchev–Trinajstić information content (AvgIpc) is 3.26. The molecule has 3 rings (SSSR count). The monoisotopic (exact) mass is 423 g/mol. The predicted molar refractivity (Wildman–Crippen MR) is 120 cm³/mol. The Balaban J connectivity index is 1.61. The van der Waals surface area contributed by atoms with Gasteiger partial charge >= 0.3 is 0 Å². The minimum absolute atomic E-state index is 0.0465. The molecule has 1 unspecified atom stereocenters. The van der Waals surface area contributed by atoms with Gasteiger partial charge < -0.3 is 20.7 Å². The number of hydrogen-bond donors (Lipinski definition) is 3. The van der Waals surface area contributed by atoms with Crippen LogP contribution in [-0.4, -0.2) is 37.0 Å². The molecule has 1 atom stereocenters. The van der Waals surface area contributed by atoms with Crippen molar-refractivity contribution in [3.8, 4) is 0 Å². The van der Waals surface area contributed by atoms with Gasteiger partial charge in [-0.2, -0.15) is 0 Å². The molecule has 3 amide bonds. The molecule has 1 aliphatic heterocycles. The molecule has 31 heavy (non-hydrogen) atoms. The van der Waals surface area contributed by atoms with Crippen LogP contribution in [0.25, 0.3) is 0 Å². The number of nitrogens with one attached hydrogen (secondary N) is 3. The minimum atomic E-state index is -0.334. The fourth-order valence-electron chi connectivity index (χ4n) is 3.38. The molecule has 1 aliphatic rings. The maximum absolute atomic E-state index is 12.7. The van der Waals surface area contributed by atoms with Gasteiger partial charge in [-0.3, -0.25) is 14.4 Å². The lowest BCUT2D eigenvalue weighted by Crippen LogP contribution is -2.32. The number of para-hydroxylation sites is 1. The zero-order chi connectivity index (χ0) is 22.2. The van der Waals surface area contributed by atoms with Gasteiger partial charge in [-0.05, 0) is 55.2 Å². The molecule has 2 aromatic rings. The third-order valence-corrected chi connectivity index (χ3v) is 4.96. The fraction of sp³-hybridized carbons (Fsp3) is 0.375. The Kier molecular flexibility index (Phi) is 7.78. The molecule has 7 heteroatoms. The summed E-state index contributed by atoms with van der Waals surface area (Å²) in [6, 6.07) is 13.5. The predicted octanol–water partition coefficient (Wildman–Crippen LogP) is 3.83. The normalized spacial score (nSPS) is 15.5. The molecule has 1 saturated heterocycles. The number of amides is 3. The highest BCUT2D eigenvalue weighted by molar-refractivity contribution is 6.09. The van der Waals surface area contributed by atoms with E-state index in [1.165, 1.54) is 0 Å². The Hall–Kier alpha value is -3.19. The van der Waals surface area contributed by atoms with Gasteiger partial charge in [0.05, 0.1) is 17.4 Å². The molecule has 0 bridgehead atoms. The van der Waals surface area contributed by atoms with E-state index in [0.29, 0.717) is 35.5 Å². The SMILES string of the molecule is CC(C)CC(=O)Nc1ccc(C(=O)Nc2ccccc2C(=O)NCC2CCCO2)cc1. The van der Waals surface area contributed by atoms with Gasteiger partial charge in [0.1, 0.15) is 0 Å². The zero-order valence-corrected chi connectivity index (χ0v) is 17.9. The van der Waals surface area contributed by atoms with Crippen LogP contribution in [0.15, 0.2) is 48.5 Å². The largest absolute Gasteiger partial charge is 0.376 e. The fourth-order valence-corrected chi connectivity index (χ4v) is 3.38. The Labute approximate surface area is 182 Å². The van der Waals surface area contributed by atoms with Crippen LogP contribution in [0.3, 0.4) is 0 Å². The maximum atomic E-state index is 12.7. The minimum Gasteiger partial charge on any atom is -0.376 e. The second kappa shape index (κ2) is 10.7. The van der Waals surface area contributed by atoms with Crippen LogP contribution in [0.4, 0.5) is 11.4 Å². The van der Waals surface area contributed by atoms with E-state index in [1.807, 2.05) is 13.8 Å². The van der Waals surface area contributed by atoms with E-state index < -0.39 is 0 Å². The summed E-state index contributed by atoms with van der Waals surface area (Å²) in [6.07, 6.45) is 2.43. The second-order valence-electron chi connectivity index (χ2n) is 8.07. The highest BCUT2D eigenvalue weighted by Crippen LogP contribution is 2.18. The quantitative estimate of drug-likeness (QED) is 0.601. The van der Waals surface area contributed by atoms with Crippen molar-refractivity contribution in [2.24, 2.45) is 5.92 Å². The third-order valence-electron chi connectivity index (χ3n) is 4.96. The van der Waals surface area contributed by atoms with Crippen LogP contribution in [0.1, 0.15) is 53.8 Å². The lowest BCUT2D eigenvalue weighted by molar-refractivity contribution is -0.116. The summed E-state index contributed by atoms with van der Waals surface area (Å²) in [6.45, 7) is 5.14. The van der Waals surface area contributed by atoms with Gasteiger partial charge in [-0.1, -0.05) is 26.0 Å².